The third kappa shape index (κ3) is 4.61. The van der Waals surface area contributed by atoms with E-state index in [1.807, 2.05) is 12.1 Å². The molecule has 2 heterocycles. The minimum absolute atomic E-state index is 0.0338. The Hall–Kier alpha value is -4.02. The third-order valence-corrected chi connectivity index (χ3v) is 7.38. The minimum Gasteiger partial charge on any atom is -0.365 e. The molecule has 1 fully saturated rings. The number of anilines is 1. The summed E-state index contributed by atoms with van der Waals surface area (Å²) in [4.78, 5) is 21.0. The second kappa shape index (κ2) is 9.79. The van der Waals surface area contributed by atoms with Gasteiger partial charge in [0, 0.05) is 43.7 Å². The van der Waals surface area contributed by atoms with Crippen molar-refractivity contribution in [2.45, 2.75) is 32.0 Å². The predicted molar refractivity (Wildman–Crippen MR) is 143 cm³/mol. The van der Waals surface area contributed by atoms with E-state index in [2.05, 4.69) is 28.5 Å². The number of halogens is 2. The van der Waals surface area contributed by atoms with Crippen molar-refractivity contribution in [1.82, 2.24) is 9.47 Å². The summed E-state index contributed by atoms with van der Waals surface area (Å²) in [6.45, 7) is 13.0. The zero-order valence-corrected chi connectivity index (χ0v) is 21.0. The van der Waals surface area contributed by atoms with Crippen molar-refractivity contribution in [3.63, 3.8) is 0 Å². The second-order valence-electron chi connectivity index (χ2n) is 9.79. The molecule has 0 N–H and O–H groups in total. The summed E-state index contributed by atoms with van der Waals surface area (Å²) in [5.74, 6) is -0.603. The normalized spacial score (nSPS) is 18.4. The number of aromatic nitrogens is 1. The first-order valence-electron chi connectivity index (χ1n) is 12.3. The lowest BCUT2D eigenvalue weighted by Crippen LogP contribution is -2.57. The molecule has 37 heavy (non-hydrogen) atoms. The van der Waals surface area contributed by atoms with Gasteiger partial charge in [0.05, 0.1) is 23.8 Å². The largest absolute Gasteiger partial charge is 0.365 e. The van der Waals surface area contributed by atoms with Crippen LogP contribution in [0, 0.1) is 18.2 Å². The summed E-state index contributed by atoms with van der Waals surface area (Å²) in [6, 6.07) is 19.9. The Morgan fingerprint density at radius 2 is 1.46 bits per heavy atom. The number of nitrogens with zero attached hydrogens (tertiary/aromatic N) is 4. The molecule has 0 saturated carbocycles. The highest BCUT2D eigenvalue weighted by atomic mass is 19.1. The lowest BCUT2D eigenvalue weighted by molar-refractivity contribution is 0.130. The third-order valence-electron chi connectivity index (χ3n) is 7.38. The monoisotopic (exact) mass is 498 g/mol. The molecule has 1 aliphatic heterocycles. The van der Waals surface area contributed by atoms with Crippen LogP contribution in [0.25, 0.3) is 15.7 Å². The molecule has 1 saturated heterocycles. The van der Waals surface area contributed by atoms with Crippen LogP contribution >= 0.6 is 0 Å². The number of hydrogen-bond donors (Lipinski definition) is 0. The number of hydrogen-bond acceptors (Lipinski definition) is 3. The maximum Gasteiger partial charge on any atom is 0.252 e. The van der Waals surface area contributed by atoms with E-state index in [0.29, 0.717) is 18.8 Å². The Labute approximate surface area is 215 Å². The maximum absolute atomic E-state index is 13.8. The summed E-state index contributed by atoms with van der Waals surface area (Å²) in [5, 5.41) is 0.872. The summed E-state index contributed by atoms with van der Waals surface area (Å²) in [7, 11) is 1.74. The molecule has 188 valence electrons. The van der Waals surface area contributed by atoms with Crippen LogP contribution in [0.5, 0.6) is 0 Å². The molecular weight excluding hydrogens is 470 g/mol. The molecule has 5 rings (SSSR count). The molecule has 0 bridgehead atoms. The van der Waals surface area contributed by atoms with E-state index >= 15 is 0 Å². The second-order valence-corrected chi connectivity index (χ2v) is 9.79. The molecule has 7 heteroatoms. The van der Waals surface area contributed by atoms with Crippen molar-refractivity contribution in [1.29, 1.82) is 0 Å². The van der Waals surface area contributed by atoms with Crippen LogP contribution in [-0.2, 0) is 7.05 Å². The van der Waals surface area contributed by atoms with E-state index in [4.69, 9.17) is 6.57 Å². The van der Waals surface area contributed by atoms with Crippen LogP contribution < -0.4 is 10.5 Å². The fraction of sp³-hybridized carbons (Fsp3) is 0.267. The Morgan fingerprint density at radius 1 is 0.865 bits per heavy atom. The predicted octanol–water partition coefficient (Wildman–Crippen LogP) is 6.06. The standard InChI is InChI=1S/C30H28F2N4O/c1-19-18-36(30(21-5-9-23(31)10-6-21)22-7-11-24(32)12-8-22)20(2)17-35(19)28-16-29(37)34(4)27-14-13-25(33-3)15-26(27)28/h5-16,19-20,30H,17-18H2,1-2,4H3/t19-,20+/m1/s1. The van der Waals surface area contributed by atoms with Crippen LogP contribution in [0.15, 0.2) is 77.6 Å². The number of pyridine rings is 1. The van der Waals surface area contributed by atoms with Crippen molar-refractivity contribution in [3.8, 4) is 0 Å². The molecule has 2 atom stereocenters. The van der Waals surface area contributed by atoms with Gasteiger partial charge in [-0.1, -0.05) is 30.3 Å². The lowest BCUT2D eigenvalue weighted by Gasteiger charge is -2.48. The molecule has 0 amide bonds. The van der Waals surface area contributed by atoms with Crippen molar-refractivity contribution in [3.05, 3.63) is 117 Å². The Bertz CT molecular complexity index is 1490. The number of piperazine rings is 1. The van der Waals surface area contributed by atoms with E-state index in [0.717, 1.165) is 27.7 Å². The van der Waals surface area contributed by atoms with Gasteiger partial charge >= 0.3 is 0 Å². The number of aryl methyl sites for hydroxylation is 1. The van der Waals surface area contributed by atoms with Gasteiger partial charge in [-0.05, 0) is 61.4 Å². The zero-order chi connectivity index (χ0) is 26.3. The van der Waals surface area contributed by atoms with Crippen LogP contribution in [0.2, 0.25) is 0 Å². The van der Waals surface area contributed by atoms with Gasteiger partial charge in [-0.3, -0.25) is 9.69 Å². The molecule has 0 unspecified atom stereocenters. The Morgan fingerprint density at radius 3 is 2.03 bits per heavy atom. The molecule has 4 aromatic rings. The van der Waals surface area contributed by atoms with Gasteiger partial charge in [0.15, 0.2) is 5.69 Å². The number of rotatable bonds is 4. The zero-order valence-electron chi connectivity index (χ0n) is 21.0. The molecule has 0 aliphatic carbocycles. The first kappa shape index (κ1) is 24.7. The van der Waals surface area contributed by atoms with Gasteiger partial charge in [-0.15, -0.1) is 0 Å². The first-order chi connectivity index (χ1) is 17.8. The quantitative estimate of drug-likeness (QED) is 0.321. The van der Waals surface area contributed by atoms with E-state index < -0.39 is 0 Å². The summed E-state index contributed by atoms with van der Waals surface area (Å²) in [5.41, 5.74) is 3.90. The fourth-order valence-corrected chi connectivity index (χ4v) is 5.45. The van der Waals surface area contributed by atoms with Crippen LogP contribution in [0.3, 0.4) is 0 Å². The van der Waals surface area contributed by atoms with Gasteiger partial charge in [0.1, 0.15) is 11.6 Å². The van der Waals surface area contributed by atoms with Gasteiger partial charge < -0.3 is 9.47 Å². The van der Waals surface area contributed by atoms with E-state index in [9.17, 15) is 13.6 Å². The SMILES string of the molecule is [C-]#[N+]c1ccc2c(c1)c(N1C[C@H](C)N(C(c3ccc(F)cc3)c3ccc(F)cc3)C[C@H]1C)cc(=O)n2C. The topological polar surface area (TPSA) is 32.8 Å². The smallest absolute Gasteiger partial charge is 0.252 e. The molecule has 1 aromatic heterocycles. The van der Waals surface area contributed by atoms with Crippen LogP contribution in [0.1, 0.15) is 31.0 Å². The van der Waals surface area contributed by atoms with Crippen molar-refractivity contribution >= 4 is 22.3 Å². The van der Waals surface area contributed by atoms with Crippen molar-refractivity contribution in [2.75, 3.05) is 18.0 Å². The van der Waals surface area contributed by atoms with E-state index in [1.165, 1.54) is 24.3 Å². The highest BCUT2D eigenvalue weighted by molar-refractivity contribution is 5.94. The summed E-state index contributed by atoms with van der Waals surface area (Å²) >= 11 is 0. The Kier molecular flexibility index (Phi) is 6.53. The van der Waals surface area contributed by atoms with Crippen molar-refractivity contribution in [2.24, 2.45) is 7.05 Å². The molecule has 3 aromatic carbocycles. The van der Waals surface area contributed by atoms with E-state index in [-0.39, 0.29) is 35.3 Å². The van der Waals surface area contributed by atoms with Gasteiger partial charge in [0.25, 0.3) is 5.56 Å². The van der Waals surface area contributed by atoms with Crippen molar-refractivity contribution < 1.29 is 8.78 Å². The Balaban J connectivity index is 1.55. The number of fused-ring (bicyclic) bond motifs is 1. The first-order valence-corrected chi connectivity index (χ1v) is 12.3. The fourth-order valence-electron chi connectivity index (χ4n) is 5.45. The summed E-state index contributed by atoms with van der Waals surface area (Å²) in [6.07, 6.45) is 0. The number of benzene rings is 3. The minimum atomic E-state index is -0.302. The molecule has 1 aliphatic rings. The molecule has 0 radical (unpaired) electrons. The van der Waals surface area contributed by atoms with Crippen LogP contribution in [0.4, 0.5) is 20.2 Å². The summed E-state index contributed by atoms with van der Waals surface area (Å²) < 4.78 is 29.1. The molecular formula is C30H28F2N4O. The lowest BCUT2D eigenvalue weighted by atomic mass is 9.93. The average Bonchev–Trinajstić information content (AvgIpc) is 2.90. The average molecular weight is 499 g/mol. The van der Waals surface area contributed by atoms with Gasteiger partial charge in [0.2, 0.25) is 0 Å². The van der Waals surface area contributed by atoms with Gasteiger partial charge in [-0.25, -0.2) is 13.6 Å². The molecule has 5 nitrogen and oxygen atoms in total. The van der Waals surface area contributed by atoms with E-state index in [1.54, 1.807) is 48.0 Å². The van der Waals surface area contributed by atoms with Gasteiger partial charge in [-0.2, -0.15) is 0 Å². The maximum atomic E-state index is 13.8. The van der Waals surface area contributed by atoms with Crippen LogP contribution in [-0.4, -0.2) is 34.6 Å². The highest BCUT2D eigenvalue weighted by Gasteiger charge is 2.35. The highest BCUT2D eigenvalue weighted by Crippen LogP contribution is 2.37. The molecule has 0 spiro atoms.